The summed E-state index contributed by atoms with van der Waals surface area (Å²) in [5.74, 6) is -0.491. The number of carbonyl (C=O) groups is 1. The standard InChI is InChI=1S/C13H14ClN5O2/c1-6-3-7(2)17-13(21)9(6)5-16-12-8(11(15)20)4-10(14)18-19-12/h3-4H,5H2,1-2H3,(H2,15,20)(H,16,19)(H,17,21). The summed E-state index contributed by atoms with van der Waals surface area (Å²) in [4.78, 5) is 26.0. The maximum atomic E-state index is 11.9. The topological polar surface area (TPSA) is 114 Å². The first-order valence-corrected chi connectivity index (χ1v) is 6.52. The number of carbonyl (C=O) groups excluding carboxylic acids is 1. The first-order chi connectivity index (χ1) is 9.88. The van der Waals surface area contributed by atoms with Crippen LogP contribution in [-0.2, 0) is 6.54 Å². The fourth-order valence-electron chi connectivity index (χ4n) is 1.96. The average Bonchev–Trinajstić information content (AvgIpc) is 2.38. The lowest BCUT2D eigenvalue weighted by Crippen LogP contribution is -2.21. The average molecular weight is 308 g/mol. The normalized spacial score (nSPS) is 10.4. The Morgan fingerprint density at radius 3 is 2.71 bits per heavy atom. The Labute approximate surface area is 125 Å². The number of aromatic nitrogens is 3. The van der Waals surface area contributed by atoms with Gasteiger partial charge in [-0.25, -0.2) is 0 Å². The molecule has 2 rings (SSSR count). The first kappa shape index (κ1) is 15.0. The number of hydrogen-bond acceptors (Lipinski definition) is 5. The molecule has 0 atom stereocenters. The molecule has 2 heterocycles. The van der Waals surface area contributed by atoms with Crippen molar-refractivity contribution in [1.82, 2.24) is 15.2 Å². The van der Waals surface area contributed by atoms with Crippen molar-refractivity contribution in [2.24, 2.45) is 5.73 Å². The summed E-state index contributed by atoms with van der Waals surface area (Å²) >= 11 is 5.68. The fourth-order valence-corrected chi connectivity index (χ4v) is 2.11. The lowest BCUT2D eigenvalue weighted by atomic mass is 10.1. The summed E-state index contributed by atoms with van der Waals surface area (Å²) in [6.07, 6.45) is 0. The molecule has 0 bridgehead atoms. The van der Waals surface area contributed by atoms with E-state index in [2.05, 4.69) is 20.5 Å². The van der Waals surface area contributed by atoms with Crippen LogP contribution < -0.4 is 16.6 Å². The number of rotatable bonds is 4. The van der Waals surface area contributed by atoms with Crippen molar-refractivity contribution >= 4 is 23.3 Å². The monoisotopic (exact) mass is 307 g/mol. The summed E-state index contributed by atoms with van der Waals surface area (Å²) < 4.78 is 0. The number of nitrogens with one attached hydrogen (secondary N) is 2. The largest absolute Gasteiger partial charge is 0.365 e. The highest BCUT2D eigenvalue weighted by Gasteiger charge is 2.13. The maximum absolute atomic E-state index is 11.9. The number of halogens is 1. The van der Waals surface area contributed by atoms with Crippen molar-refractivity contribution in [2.45, 2.75) is 20.4 Å². The predicted molar refractivity (Wildman–Crippen MR) is 79.4 cm³/mol. The van der Waals surface area contributed by atoms with Crippen LogP contribution in [0.2, 0.25) is 5.15 Å². The Kier molecular flexibility index (Phi) is 4.23. The summed E-state index contributed by atoms with van der Waals surface area (Å²) in [7, 11) is 0. The van der Waals surface area contributed by atoms with Crippen molar-refractivity contribution in [2.75, 3.05) is 5.32 Å². The summed E-state index contributed by atoms with van der Waals surface area (Å²) in [5.41, 5.74) is 7.36. The number of aryl methyl sites for hydroxylation is 2. The molecule has 2 aromatic heterocycles. The Balaban J connectivity index is 2.29. The Hall–Kier alpha value is -2.41. The molecule has 0 aromatic carbocycles. The number of nitrogens with zero attached hydrogens (tertiary/aromatic N) is 2. The van der Waals surface area contributed by atoms with Crippen LogP contribution in [0.3, 0.4) is 0 Å². The molecule has 0 spiro atoms. The summed E-state index contributed by atoms with van der Waals surface area (Å²) in [6, 6.07) is 3.19. The van der Waals surface area contributed by atoms with Crippen molar-refractivity contribution < 1.29 is 4.79 Å². The molecule has 0 saturated carbocycles. The van der Waals surface area contributed by atoms with E-state index in [1.165, 1.54) is 6.07 Å². The van der Waals surface area contributed by atoms with E-state index in [1.54, 1.807) is 0 Å². The molecule has 0 radical (unpaired) electrons. The zero-order valence-corrected chi connectivity index (χ0v) is 12.3. The van der Waals surface area contributed by atoms with Crippen LogP contribution >= 0.6 is 11.6 Å². The second-order valence-electron chi connectivity index (χ2n) is 4.59. The SMILES string of the molecule is Cc1cc(C)c(CNc2nnc(Cl)cc2C(N)=O)c(=O)[nH]1. The molecule has 2 aromatic rings. The fraction of sp³-hybridized carbons (Fsp3) is 0.231. The van der Waals surface area contributed by atoms with E-state index in [4.69, 9.17) is 17.3 Å². The summed E-state index contributed by atoms with van der Waals surface area (Å²) in [5, 5.41) is 10.4. The van der Waals surface area contributed by atoms with E-state index >= 15 is 0 Å². The molecule has 0 saturated heterocycles. The van der Waals surface area contributed by atoms with Crippen LogP contribution in [0.1, 0.15) is 27.2 Å². The van der Waals surface area contributed by atoms with Gasteiger partial charge in [0.1, 0.15) is 0 Å². The molecular weight excluding hydrogens is 294 g/mol. The smallest absolute Gasteiger partial charge is 0.253 e. The third kappa shape index (κ3) is 3.38. The second kappa shape index (κ2) is 5.92. The molecule has 0 aliphatic heterocycles. The number of H-pyrrole nitrogens is 1. The number of pyridine rings is 1. The predicted octanol–water partition coefficient (Wildman–Crippen LogP) is 1.15. The van der Waals surface area contributed by atoms with Crippen LogP contribution in [0.5, 0.6) is 0 Å². The number of amides is 1. The summed E-state index contributed by atoms with van der Waals surface area (Å²) in [6.45, 7) is 3.83. The maximum Gasteiger partial charge on any atom is 0.253 e. The highest BCUT2D eigenvalue weighted by Crippen LogP contribution is 2.15. The molecule has 21 heavy (non-hydrogen) atoms. The Morgan fingerprint density at radius 2 is 2.10 bits per heavy atom. The van der Waals surface area contributed by atoms with E-state index < -0.39 is 5.91 Å². The van der Waals surface area contributed by atoms with Gasteiger partial charge in [-0.05, 0) is 31.5 Å². The van der Waals surface area contributed by atoms with Crippen LogP contribution in [0.15, 0.2) is 16.9 Å². The van der Waals surface area contributed by atoms with Gasteiger partial charge in [0.25, 0.3) is 11.5 Å². The van der Waals surface area contributed by atoms with Gasteiger partial charge in [-0.3, -0.25) is 9.59 Å². The van der Waals surface area contributed by atoms with Gasteiger partial charge < -0.3 is 16.0 Å². The van der Waals surface area contributed by atoms with E-state index in [9.17, 15) is 9.59 Å². The Bertz CT molecular complexity index is 757. The molecule has 7 nitrogen and oxygen atoms in total. The van der Waals surface area contributed by atoms with E-state index in [1.807, 2.05) is 19.9 Å². The van der Waals surface area contributed by atoms with Gasteiger partial charge in [-0.2, -0.15) is 0 Å². The molecule has 0 aliphatic carbocycles. The van der Waals surface area contributed by atoms with E-state index in [0.717, 1.165) is 11.3 Å². The van der Waals surface area contributed by atoms with Crippen molar-refractivity contribution in [3.8, 4) is 0 Å². The lowest BCUT2D eigenvalue weighted by molar-refractivity contribution is 0.100. The Morgan fingerprint density at radius 1 is 1.38 bits per heavy atom. The molecule has 8 heteroatoms. The lowest BCUT2D eigenvalue weighted by Gasteiger charge is -2.10. The number of aromatic amines is 1. The van der Waals surface area contributed by atoms with Gasteiger partial charge in [-0.15, -0.1) is 10.2 Å². The van der Waals surface area contributed by atoms with Crippen LogP contribution in [0.25, 0.3) is 0 Å². The zero-order chi connectivity index (χ0) is 15.6. The third-order valence-electron chi connectivity index (χ3n) is 2.96. The second-order valence-corrected chi connectivity index (χ2v) is 4.98. The molecule has 0 unspecified atom stereocenters. The van der Waals surface area contributed by atoms with Crippen molar-refractivity contribution in [3.05, 3.63) is 50.0 Å². The molecule has 1 amide bonds. The van der Waals surface area contributed by atoms with Gasteiger partial charge in [0.15, 0.2) is 11.0 Å². The minimum atomic E-state index is -0.677. The molecular formula is C13H14ClN5O2. The minimum Gasteiger partial charge on any atom is -0.365 e. The minimum absolute atomic E-state index is 0.0683. The van der Waals surface area contributed by atoms with Crippen LogP contribution in [-0.4, -0.2) is 21.1 Å². The highest BCUT2D eigenvalue weighted by atomic mass is 35.5. The van der Waals surface area contributed by atoms with Gasteiger partial charge >= 0.3 is 0 Å². The van der Waals surface area contributed by atoms with Gasteiger partial charge in [0.05, 0.1) is 5.56 Å². The van der Waals surface area contributed by atoms with Gasteiger partial charge in [0, 0.05) is 17.8 Å². The van der Waals surface area contributed by atoms with Crippen molar-refractivity contribution in [1.29, 1.82) is 0 Å². The van der Waals surface area contributed by atoms with Crippen LogP contribution in [0.4, 0.5) is 5.82 Å². The quantitative estimate of drug-likeness (QED) is 0.784. The zero-order valence-electron chi connectivity index (χ0n) is 11.5. The van der Waals surface area contributed by atoms with Gasteiger partial charge in [-0.1, -0.05) is 11.6 Å². The van der Waals surface area contributed by atoms with Crippen LogP contribution in [0, 0.1) is 13.8 Å². The van der Waals surface area contributed by atoms with Gasteiger partial charge in [0.2, 0.25) is 0 Å². The number of primary amides is 1. The molecule has 0 aliphatic rings. The van der Waals surface area contributed by atoms with E-state index in [-0.39, 0.29) is 28.6 Å². The van der Waals surface area contributed by atoms with E-state index in [0.29, 0.717) is 5.56 Å². The first-order valence-electron chi connectivity index (χ1n) is 6.14. The molecule has 4 N–H and O–H groups in total. The molecule has 110 valence electrons. The number of anilines is 1. The number of hydrogen-bond donors (Lipinski definition) is 3. The third-order valence-corrected chi connectivity index (χ3v) is 3.14. The highest BCUT2D eigenvalue weighted by molar-refractivity contribution is 6.29. The number of nitrogens with two attached hydrogens (primary N) is 1. The molecule has 0 fully saturated rings. The van der Waals surface area contributed by atoms with Crippen molar-refractivity contribution in [3.63, 3.8) is 0 Å².